The van der Waals surface area contributed by atoms with Crippen molar-refractivity contribution in [1.29, 1.82) is 0 Å². The van der Waals surface area contributed by atoms with E-state index in [0.29, 0.717) is 12.3 Å². The second-order valence-corrected chi connectivity index (χ2v) is 4.13. The van der Waals surface area contributed by atoms with Crippen LogP contribution in [0.1, 0.15) is 20.3 Å². The quantitative estimate of drug-likeness (QED) is 0.817. The molecule has 1 rings (SSSR count). The summed E-state index contributed by atoms with van der Waals surface area (Å²) < 4.78 is 44.9. The normalized spacial score (nSPS) is 12.7. The summed E-state index contributed by atoms with van der Waals surface area (Å²) >= 11 is 0. The highest BCUT2D eigenvalue weighted by atomic mass is 19.4. The molecule has 0 radical (unpaired) electrons. The lowest BCUT2D eigenvalue weighted by atomic mass is 10.2. The summed E-state index contributed by atoms with van der Waals surface area (Å²) in [7, 11) is 0. The van der Waals surface area contributed by atoms with Crippen molar-refractivity contribution in [2.45, 2.75) is 32.7 Å². The van der Waals surface area contributed by atoms with E-state index >= 15 is 0 Å². The Kier molecular flexibility index (Phi) is 5.66. The highest BCUT2D eigenvalue weighted by Crippen LogP contribution is 2.25. The number of ether oxygens (including phenoxy) is 2. The minimum atomic E-state index is -4.73. The third-order valence-electron chi connectivity index (χ3n) is 2.26. The van der Waals surface area contributed by atoms with Gasteiger partial charge in [-0.05, 0) is 26.0 Å². The SMILES string of the molecule is CCOC(=O)CC(C)Nc1cccc(OC(F)(F)F)c1. The molecular formula is C13H16F3NO3. The van der Waals surface area contributed by atoms with E-state index in [1.807, 2.05) is 0 Å². The zero-order valence-electron chi connectivity index (χ0n) is 11.2. The lowest BCUT2D eigenvalue weighted by Crippen LogP contribution is -2.21. The van der Waals surface area contributed by atoms with Crippen LogP contribution in [0.5, 0.6) is 5.75 Å². The zero-order valence-corrected chi connectivity index (χ0v) is 11.2. The molecule has 0 spiro atoms. The number of anilines is 1. The molecule has 1 aromatic carbocycles. The topological polar surface area (TPSA) is 47.6 Å². The lowest BCUT2D eigenvalue weighted by molar-refractivity contribution is -0.274. The maximum Gasteiger partial charge on any atom is 0.573 e. The van der Waals surface area contributed by atoms with Crippen molar-refractivity contribution in [2.75, 3.05) is 11.9 Å². The van der Waals surface area contributed by atoms with E-state index in [1.54, 1.807) is 19.9 Å². The Morgan fingerprint density at radius 2 is 2.10 bits per heavy atom. The summed E-state index contributed by atoms with van der Waals surface area (Å²) in [6.45, 7) is 3.72. The van der Waals surface area contributed by atoms with Crippen LogP contribution in [-0.4, -0.2) is 25.0 Å². The second-order valence-electron chi connectivity index (χ2n) is 4.13. The Morgan fingerprint density at radius 1 is 1.40 bits per heavy atom. The van der Waals surface area contributed by atoms with Crippen molar-refractivity contribution in [3.8, 4) is 5.75 Å². The molecule has 0 heterocycles. The van der Waals surface area contributed by atoms with Crippen LogP contribution in [-0.2, 0) is 9.53 Å². The maximum absolute atomic E-state index is 12.1. The van der Waals surface area contributed by atoms with Crippen LogP contribution in [0.15, 0.2) is 24.3 Å². The van der Waals surface area contributed by atoms with Gasteiger partial charge in [-0.2, -0.15) is 0 Å². The van der Waals surface area contributed by atoms with Gasteiger partial charge in [-0.15, -0.1) is 13.2 Å². The molecular weight excluding hydrogens is 275 g/mol. The van der Waals surface area contributed by atoms with Gasteiger partial charge in [-0.25, -0.2) is 0 Å². The number of carbonyl (C=O) groups excluding carboxylic acids is 1. The van der Waals surface area contributed by atoms with Gasteiger partial charge >= 0.3 is 12.3 Å². The second kappa shape index (κ2) is 7.02. The van der Waals surface area contributed by atoms with Gasteiger partial charge in [-0.3, -0.25) is 4.79 Å². The van der Waals surface area contributed by atoms with Crippen LogP contribution in [0, 0.1) is 0 Å². The summed E-state index contributed by atoms with van der Waals surface area (Å²) in [6.07, 6.45) is -4.60. The number of hydrogen-bond donors (Lipinski definition) is 1. The predicted octanol–water partition coefficient (Wildman–Crippen LogP) is 3.34. The monoisotopic (exact) mass is 291 g/mol. The molecule has 0 fully saturated rings. The van der Waals surface area contributed by atoms with Crippen LogP contribution >= 0.6 is 0 Å². The molecule has 0 aliphatic carbocycles. The third-order valence-corrected chi connectivity index (χ3v) is 2.26. The first-order valence-electron chi connectivity index (χ1n) is 6.08. The largest absolute Gasteiger partial charge is 0.573 e. The van der Waals surface area contributed by atoms with Gasteiger partial charge in [0.05, 0.1) is 13.0 Å². The first kappa shape index (κ1) is 16.1. The van der Waals surface area contributed by atoms with E-state index in [4.69, 9.17) is 4.74 Å². The van der Waals surface area contributed by atoms with E-state index in [0.717, 1.165) is 0 Å². The smallest absolute Gasteiger partial charge is 0.466 e. The Hall–Kier alpha value is -1.92. The number of alkyl halides is 3. The number of rotatable bonds is 6. The van der Waals surface area contributed by atoms with Crippen molar-refractivity contribution < 1.29 is 27.4 Å². The maximum atomic E-state index is 12.1. The van der Waals surface area contributed by atoms with Crippen LogP contribution in [0.25, 0.3) is 0 Å². The van der Waals surface area contributed by atoms with Gasteiger partial charge < -0.3 is 14.8 Å². The van der Waals surface area contributed by atoms with E-state index in [-0.39, 0.29) is 24.2 Å². The molecule has 20 heavy (non-hydrogen) atoms. The molecule has 0 bridgehead atoms. The summed E-state index contributed by atoms with van der Waals surface area (Å²) in [4.78, 5) is 11.3. The van der Waals surface area contributed by atoms with E-state index in [2.05, 4.69) is 10.1 Å². The fraction of sp³-hybridized carbons (Fsp3) is 0.462. The molecule has 4 nitrogen and oxygen atoms in total. The molecule has 0 amide bonds. The summed E-state index contributed by atoms with van der Waals surface area (Å²) in [5.41, 5.74) is 0.434. The van der Waals surface area contributed by atoms with Gasteiger partial charge in [0.1, 0.15) is 5.75 Å². The van der Waals surface area contributed by atoms with Gasteiger partial charge in [0, 0.05) is 17.8 Å². The lowest BCUT2D eigenvalue weighted by Gasteiger charge is -2.15. The van der Waals surface area contributed by atoms with Crippen molar-refractivity contribution in [2.24, 2.45) is 0 Å². The Labute approximate surface area is 114 Å². The zero-order chi connectivity index (χ0) is 15.2. The average Bonchev–Trinajstić information content (AvgIpc) is 2.26. The van der Waals surface area contributed by atoms with Crippen LogP contribution in [0.4, 0.5) is 18.9 Å². The molecule has 0 saturated carbocycles. The Morgan fingerprint density at radius 3 is 2.70 bits per heavy atom. The van der Waals surface area contributed by atoms with Gasteiger partial charge in [0.15, 0.2) is 0 Å². The number of benzene rings is 1. The van der Waals surface area contributed by atoms with Crippen molar-refractivity contribution in [3.05, 3.63) is 24.3 Å². The minimum absolute atomic E-state index is 0.123. The molecule has 1 N–H and O–H groups in total. The molecule has 1 unspecified atom stereocenters. The van der Waals surface area contributed by atoms with Gasteiger partial charge in [-0.1, -0.05) is 6.07 Å². The number of nitrogens with one attached hydrogen (secondary N) is 1. The first-order valence-corrected chi connectivity index (χ1v) is 6.08. The highest BCUT2D eigenvalue weighted by molar-refractivity contribution is 5.70. The molecule has 1 aromatic rings. The number of esters is 1. The van der Waals surface area contributed by atoms with Crippen LogP contribution in [0.2, 0.25) is 0 Å². The van der Waals surface area contributed by atoms with E-state index in [9.17, 15) is 18.0 Å². The number of carbonyl (C=O) groups is 1. The van der Waals surface area contributed by atoms with Gasteiger partial charge in [0.25, 0.3) is 0 Å². The summed E-state index contributed by atoms with van der Waals surface area (Å²) in [6, 6.07) is 5.17. The number of halogens is 3. The average molecular weight is 291 g/mol. The van der Waals surface area contributed by atoms with Gasteiger partial charge in [0.2, 0.25) is 0 Å². The van der Waals surface area contributed by atoms with Crippen LogP contribution < -0.4 is 10.1 Å². The van der Waals surface area contributed by atoms with E-state index < -0.39 is 6.36 Å². The van der Waals surface area contributed by atoms with Crippen LogP contribution in [0.3, 0.4) is 0 Å². The summed E-state index contributed by atoms with van der Waals surface area (Å²) in [5.74, 6) is -0.680. The van der Waals surface area contributed by atoms with Crippen molar-refractivity contribution in [1.82, 2.24) is 0 Å². The fourth-order valence-electron chi connectivity index (χ4n) is 1.59. The standard InChI is InChI=1S/C13H16F3NO3/c1-3-19-12(18)7-9(2)17-10-5-4-6-11(8-10)20-13(14,15)16/h4-6,8-9,17H,3,7H2,1-2H3. The molecule has 0 aliphatic heterocycles. The Balaban J connectivity index is 2.59. The molecule has 1 atom stereocenters. The number of hydrogen-bond acceptors (Lipinski definition) is 4. The summed E-state index contributed by atoms with van der Waals surface area (Å²) in [5, 5.41) is 2.91. The third kappa shape index (κ3) is 6.31. The van der Waals surface area contributed by atoms with E-state index in [1.165, 1.54) is 18.2 Å². The predicted molar refractivity (Wildman–Crippen MR) is 67.5 cm³/mol. The minimum Gasteiger partial charge on any atom is -0.466 e. The highest BCUT2D eigenvalue weighted by Gasteiger charge is 2.31. The molecule has 0 saturated heterocycles. The molecule has 7 heteroatoms. The Bertz CT molecular complexity index is 449. The fourth-order valence-corrected chi connectivity index (χ4v) is 1.59. The molecule has 0 aliphatic rings. The van der Waals surface area contributed by atoms with Crippen molar-refractivity contribution >= 4 is 11.7 Å². The first-order chi connectivity index (χ1) is 9.30. The molecule has 0 aromatic heterocycles. The molecule has 112 valence electrons. The van der Waals surface area contributed by atoms with Crippen molar-refractivity contribution in [3.63, 3.8) is 0 Å².